The molecule has 2 aromatic carbocycles. The van der Waals surface area contributed by atoms with Crippen molar-refractivity contribution in [2.24, 2.45) is 0 Å². The molecule has 0 bridgehead atoms. The van der Waals surface area contributed by atoms with Gasteiger partial charge in [0.1, 0.15) is 11.5 Å². The first-order chi connectivity index (χ1) is 14.1. The van der Waals surface area contributed by atoms with Gasteiger partial charge in [-0.3, -0.25) is 9.59 Å². The summed E-state index contributed by atoms with van der Waals surface area (Å²) in [7, 11) is 3.20. The van der Waals surface area contributed by atoms with Gasteiger partial charge < -0.3 is 24.0 Å². The van der Waals surface area contributed by atoms with Crippen LogP contribution in [0.15, 0.2) is 48.5 Å². The number of carbonyl (C=O) groups is 2. The van der Waals surface area contributed by atoms with Crippen LogP contribution in [-0.2, 0) is 20.7 Å². The first kappa shape index (κ1) is 20.5. The van der Waals surface area contributed by atoms with Crippen LogP contribution in [0.1, 0.15) is 5.56 Å². The summed E-state index contributed by atoms with van der Waals surface area (Å²) in [6.45, 7) is 2.40. The average molecular weight is 398 g/mol. The van der Waals surface area contributed by atoms with Gasteiger partial charge >= 0.3 is 5.97 Å². The molecule has 1 amide bonds. The van der Waals surface area contributed by atoms with Crippen LogP contribution in [0, 0.1) is 0 Å². The molecule has 0 aromatic heterocycles. The van der Waals surface area contributed by atoms with Crippen molar-refractivity contribution in [1.82, 2.24) is 4.90 Å². The standard InChI is InChI=1S/C22H26N2O5/c1-27-19-9-7-18(8-10-19)23-11-13-24(14-12-23)21(25)16-29-22(26)15-17-5-3-4-6-20(17)28-2/h3-10H,11-16H2,1-2H3. The number of anilines is 1. The van der Waals surface area contributed by atoms with E-state index in [0.29, 0.717) is 18.8 Å². The Morgan fingerprint density at radius 3 is 2.24 bits per heavy atom. The summed E-state index contributed by atoms with van der Waals surface area (Å²) in [5, 5.41) is 0. The van der Waals surface area contributed by atoms with Gasteiger partial charge in [0.15, 0.2) is 6.61 Å². The zero-order chi connectivity index (χ0) is 20.6. The summed E-state index contributed by atoms with van der Waals surface area (Å²) >= 11 is 0. The Bertz CT molecular complexity index is 829. The van der Waals surface area contributed by atoms with Crippen LogP contribution in [0.5, 0.6) is 11.5 Å². The minimum absolute atomic E-state index is 0.0720. The Kier molecular flexibility index (Phi) is 6.94. The third kappa shape index (κ3) is 5.40. The zero-order valence-corrected chi connectivity index (χ0v) is 16.8. The number of para-hydroxylation sites is 1. The topological polar surface area (TPSA) is 68.3 Å². The quantitative estimate of drug-likeness (QED) is 0.666. The lowest BCUT2D eigenvalue weighted by Gasteiger charge is -2.36. The van der Waals surface area contributed by atoms with Crippen molar-refractivity contribution >= 4 is 17.6 Å². The summed E-state index contributed by atoms with van der Waals surface area (Å²) in [5.41, 5.74) is 1.83. The molecule has 0 unspecified atom stereocenters. The van der Waals surface area contributed by atoms with E-state index in [4.69, 9.17) is 14.2 Å². The molecular formula is C22H26N2O5. The molecule has 0 N–H and O–H groups in total. The van der Waals surface area contributed by atoms with Gasteiger partial charge in [-0.15, -0.1) is 0 Å². The van der Waals surface area contributed by atoms with E-state index < -0.39 is 5.97 Å². The number of ether oxygens (including phenoxy) is 3. The molecule has 1 fully saturated rings. The Balaban J connectivity index is 1.44. The number of methoxy groups -OCH3 is 2. The van der Waals surface area contributed by atoms with E-state index in [2.05, 4.69) is 4.90 Å². The highest BCUT2D eigenvalue weighted by Gasteiger charge is 2.22. The second kappa shape index (κ2) is 9.82. The van der Waals surface area contributed by atoms with Crippen molar-refractivity contribution in [2.45, 2.75) is 6.42 Å². The van der Waals surface area contributed by atoms with E-state index in [1.54, 1.807) is 31.3 Å². The molecule has 0 atom stereocenters. The molecule has 1 saturated heterocycles. The SMILES string of the molecule is COc1ccc(N2CCN(C(=O)COC(=O)Cc3ccccc3OC)CC2)cc1. The highest BCUT2D eigenvalue weighted by Crippen LogP contribution is 2.21. The first-order valence-electron chi connectivity index (χ1n) is 9.55. The Hall–Kier alpha value is -3.22. The van der Waals surface area contributed by atoms with E-state index in [0.717, 1.165) is 30.1 Å². The summed E-state index contributed by atoms with van der Waals surface area (Å²) in [5.74, 6) is 0.829. The van der Waals surface area contributed by atoms with E-state index in [9.17, 15) is 9.59 Å². The van der Waals surface area contributed by atoms with E-state index in [1.807, 2.05) is 36.4 Å². The normalized spacial score (nSPS) is 13.7. The molecule has 1 aliphatic heterocycles. The molecular weight excluding hydrogens is 372 g/mol. The molecule has 2 aromatic rings. The summed E-state index contributed by atoms with van der Waals surface area (Å²) < 4.78 is 15.6. The predicted molar refractivity (Wildman–Crippen MR) is 109 cm³/mol. The van der Waals surface area contributed by atoms with Crippen molar-refractivity contribution in [2.75, 3.05) is 51.9 Å². The highest BCUT2D eigenvalue weighted by atomic mass is 16.5. The fourth-order valence-electron chi connectivity index (χ4n) is 3.30. The van der Waals surface area contributed by atoms with Crippen molar-refractivity contribution in [3.05, 3.63) is 54.1 Å². The van der Waals surface area contributed by atoms with E-state index in [-0.39, 0.29) is 18.9 Å². The largest absolute Gasteiger partial charge is 0.497 e. The van der Waals surface area contributed by atoms with E-state index in [1.165, 1.54) is 0 Å². The average Bonchev–Trinajstić information content (AvgIpc) is 2.78. The number of carbonyl (C=O) groups excluding carboxylic acids is 2. The molecule has 0 spiro atoms. The Morgan fingerprint density at radius 1 is 0.897 bits per heavy atom. The van der Waals surface area contributed by atoms with Crippen molar-refractivity contribution in [3.63, 3.8) is 0 Å². The van der Waals surface area contributed by atoms with Gasteiger partial charge in [-0.2, -0.15) is 0 Å². The second-order valence-electron chi connectivity index (χ2n) is 6.72. The number of hydrogen-bond donors (Lipinski definition) is 0. The van der Waals surface area contributed by atoms with Crippen LogP contribution in [-0.4, -0.2) is 63.8 Å². The monoisotopic (exact) mass is 398 g/mol. The minimum Gasteiger partial charge on any atom is -0.497 e. The highest BCUT2D eigenvalue weighted by molar-refractivity contribution is 5.81. The number of rotatable bonds is 7. The van der Waals surface area contributed by atoms with Gasteiger partial charge in [0, 0.05) is 37.4 Å². The van der Waals surface area contributed by atoms with E-state index >= 15 is 0 Å². The lowest BCUT2D eigenvalue weighted by atomic mass is 10.1. The maximum Gasteiger partial charge on any atom is 0.310 e. The van der Waals surface area contributed by atoms with Gasteiger partial charge in [-0.05, 0) is 30.3 Å². The molecule has 29 heavy (non-hydrogen) atoms. The number of hydrogen-bond acceptors (Lipinski definition) is 6. The fourth-order valence-corrected chi connectivity index (χ4v) is 3.30. The molecule has 1 aliphatic rings. The van der Waals surface area contributed by atoms with Gasteiger partial charge in [-0.1, -0.05) is 18.2 Å². The summed E-state index contributed by atoms with van der Waals surface area (Å²) in [6, 6.07) is 15.1. The van der Waals surface area contributed by atoms with Crippen LogP contribution in [0.2, 0.25) is 0 Å². The fraction of sp³-hybridized carbons (Fsp3) is 0.364. The van der Waals surface area contributed by atoms with Gasteiger partial charge in [0.25, 0.3) is 5.91 Å². The Morgan fingerprint density at radius 2 is 1.59 bits per heavy atom. The van der Waals surface area contributed by atoms with Gasteiger partial charge in [-0.25, -0.2) is 0 Å². The van der Waals surface area contributed by atoms with Crippen LogP contribution >= 0.6 is 0 Å². The molecule has 7 nitrogen and oxygen atoms in total. The van der Waals surface area contributed by atoms with Crippen molar-refractivity contribution in [1.29, 1.82) is 0 Å². The molecule has 1 heterocycles. The van der Waals surface area contributed by atoms with Crippen LogP contribution in [0.3, 0.4) is 0 Å². The maximum absolute atomic E-state index is 12.4. The predicted octanol–water partition coefficient (Wildman–Crippen LogP) is 2.14. The third-order valence-corrected chi connectivity index (χ3v) is 4.95. The number of benzene rings is 2. The second-order valence-corrected chi connectivity index (χ2v) is 6.72. The number of esters is 1. The first-order valence-corrected chi connectivity index (χ1v) is 9.55. The molecule has 0 radical (unpaired) electrons. The molecule has 7 heteroatoms. The molecule has 3 rings (SSSR count). The van der Waals surface area contributed by atoms with Gasteiger partial charge in [0.05, 0.1) is 20.6 Å². The molecule has 0 saturated carbocycles. The summed E-state index contributed by atoms with van der Waals surface area (Å²) in [4.78, 5) is 28.4. The smallest absolute Gasteiger partial charge is 0.310 e. The van der Waals surface area contributed by atoms with Crippen LogP contribution in [0.4, 0.5) is 5.69 Å². The minimum atomic E-state index is -0.445. The molecule has 0 aliphatic carbocycles. The number of nitrogens with zero attached hydrogens (tertiary/aromatic N) is 2. The van der Waals surface area contributed by atoms with Crippen molar-refractivity contribution in [3.8, 4) is 11.5 Å². The maximum atomic E-state index is 12.4. The lowest BCUT2D eigenvalue weighted by molar-refractivity contribution is -0.151. The molecule has 154 valence electrons. The van der Waals surface area contributed by atoms with Gasteiger partial charge in [0.2, 0.25) is 0 Å². The van der Waals surface area contributed by atoms with Crippen LogP contribution < -0.4 is 14.4 Å². The van der Waals surface area contributed by atoms with Crippen LogP contribution in [0.25, 0.3) is 0 Å². The number of piperazine rings is 1. The lowest BCUT2D eigenvalue weighted by Crippen LogP contribution is -2.49. The Labute approximate surface area is 170 Å². The third-order valence-electron chi connectivity index (χ3n) is 4.95. The number of amides is 1. The summed E-state index contributed by atoms with van der Waals surface area (Å²) in [6.07, 6.45) is 0.0720. The van der Waals surface area contributed by atoms with Crippen molar-refractivity contribution < 1.29 is 23.8 Å². The zero-order valence-electron chi connectivity index (χ0n) is 16.8.